The third-order valence-electron chi connectivity index (χ3n) is 3.82. The van der Waals surface area contributed by atoms with Gasteiger partial charge in [-0.15, -0.1) is 0 Å². The maximum Gasteiger partial charge on any atom is 0.323 e. The van der Waals surface area contributed by atoms with E-state index in [9.17, 15) is 9.59 Å². The molecule has 2 rings (SSSR count). The zero-order valence-electron chi connectivity index (χ0n) is 13.8. The predicted octanol–water partition coefficient (Wildman–Crippen LogP) is 3.51. The van der Waals surface area contributed by atoms with Gasteiger partial charge in [0.2, 0.25) is 0 Å². The average Bonchev–Trinajstić information content (AvgIpc) is 2.55. The number of carbonyl (C=O) groups excluding carboxylic acids is 2. The molecule has 0 heterocycles. The topological polar surface area (TPSA) is 52.6 Å². The molecule has 4 heteroatoms. The van der Waals surface area contributed by atoms with E-state index in [1.54, 1.807) is 20.8 Å². The first-order valence-electron chi connectivity index (χ1n) is 7.83. The SMILES string of the molecule is CCOC(=O)C(C)(Cc1ccc2ccccc2c1)C(=O)OCC. The molecule has 23 heavy (non-hydrogen) atoms. The molecule has 0 aliphatic heterocycles. The summed E-state index contributed by atoms with van der Waals surface area (Å²) in [5.74, 6) is -1.10. The highest BCUT2D eigenvalue weighted by Crippen LogP contribution is 2.28. The summed E-state index contributed by atoms with van der Waals surface area (Å²) in [6.07, 6.45) is 0.246. The molecule has 4 nitrogen and oxygen atoms in total. The second-order valence-corrected chi connectivity index (χ2v) is 5.63. The minimum absolute atomic E-state index is 0.228. The van der Waals surface area contributed by atoms with E-state index in [0.717, 1.165) is 16.3 Å². The fraction of sp³-hybridized carbons (Fsp3) is 0.368. The average molecular weight is 314 g/mol. The third-order valence-corrected chi connectivity index (χ3v) is 3.82. The lowest BCUT2D eigenvalue weighted by molar-refractivity contribution is -0.170. The summed E-state index contributed by atoms with van der Waals surface area (Å²) in [5.41, 5.74) is -0.443. The Kier molecular flexibility index (Phi) is 5.37. The van der Waals surface area contributed by atoms with Crippen molar-refractivity contribution < 1.29 is 19.1 Å². The van der Waals surface area contributed by atoms with Crippen molar-refractivity contribution in [3.63, 3.8) is 0 Å². The molecule has 0 spiro atoms. The number of hydrogen-bond donors (Lipinski definition) is 0. The molecule has 0 fully saturated rings. The summed E-state index contributed by atoms with van der Waals surface area (Å²) in [4.78, 5) is 24.7. The maximum absolute atomic E-state index is 12.3. The van der Waals surface area contributed by atoms with Crippen LogP contribution >= 0.6 is 0 Å². The highest BCUT2D eigenvalue weighted by molar-refractivity contribution is 6.00. The Morgan fingerprint density at radius 3 is 2.04 bits per heavy atom. The summed E-state index contributed by atoms with van der Waals surface area (Å²) in [6, 6.07) is 13.9. The molecule has 0 saturated carbocycles. The lowest BCUT2D eigenvalue weighted by Gasteiger charge is -2.25. The number of fused-ring (bicyclic) bond motifs is 1. The van der Waals surface area contributed by atoms with E-state index < -0.39 is 17.4 Å². The van der Waals surface area contributed by atoms with Crippen molar-refractivity contribution in [2.75, 3.05) is 13.2 Å². The Balaban J connectivity index is 2.34. The monoisotopic (exact) mass is 314 g/mol. The molecule has 0 unspecified atom stereocenters. The second kappa shape index (κ2) is 7.27. The van der Waals surface area contributed by atoms with E-state index >= 15 is 0 Å². The highest BCUT2D eigenvalue weighted by atomic mass is 16.6. The van der Waals surface area contributed by atoms with Gasteiger partial charge in [0.15, 0.2) is 5.41 Å². The number of benzene rings is 2. The molecular weight excluding hydrogens is 292 g/mol. The zero-order valence-corrected chi connectivity index (χ0v) is 13.8. The van der Waals surface area contributed by atoms with Crippen LogP contribution in [0, 0.1) is 5.41 Å². The highest BCUT2D eigenvalue weighted by Gasteiger charge is 2.44. The Morgan fingerprint density at radius 2 is 1.48 bits per heavy atom. The fourth-order valence-corrected chi connectivity index (χ4v) is 2.57. The van der Waals surface area contributed by atoms with Gasteiger partial charge in [0.1, 0.15) is 0 Å². The van der Waals surface area contributed by atoms with Gasteiger partial charge in [0.05, 0.1) is 13.2 Å². The van der Waals surface area contributed by atoms with Gasteiger partial charge >= 0.3 is 11.9 Å². The van der Waals surface area contributed by atoms with Gasteiger partial charge in [0, 0.05) is 0 Å². The van der Waals surface area contributed by atoms with Crippen molar-refractivity contribution in [2.24, 2.45) is 5.41 Å². The number of ether oxygens (including phenoxy) is 2. The molecule has 0 bridgehead atoms. The summed E-state index contributed by atoms with van der Waals surface area (Å²) in [5, 5.41) is 2.19. The molecule has 0 aliphatic rings. The molecule has 0 aromatic heterocycles. The van der Waals surface area contributed by atoms with Crippen LogP contribution in [0.1, 0.15) is 26.3 Å². The van der Waals surface area contributed by atoms with Crippen LogP contribution in [0.5, 0.6) is 0 Å². The molecule has 2 aromatic rings. The number of carbonyl (C=O) groups is 2. The van der Waals surface area contributed by atoms with Gasteiger partial charge < -0.3 is 9.47 Å². The van der Waals surface area contributed by atoms with Gasteiger partial charge in [-0.2, -0.15) is 0 Å². The molecule has 0 aliphatic carbocycles. The maximum atomic E-state index is 12.3. The molecule has 2 aromatic carbocycles. The molecular formula is C19H22O4. The molecule has 0 amide bonds. The first kappa shape index (κ1) is 17.0. The Morgan fingerprint density at radius 1 is 0.913 bits per heavy atom. The minimum atomic E-state index is -1.34. The molecule has 0 atom stereocenters. The summed E-state index contributed by atoms with van der Waals surface area (Å²) in [7, 11) is 0. The van der Waals surface area contributed by atoms with Crippen LogP contribution < -0.4 is 0 Å². The van der Waals surface area contributed by atoms with E-state index in [4.69, 9.17) is 9.47 Å². The Bertz CT molecular complexity index is 687. The van der Waals surface area contributed by atoms with Crippen molar-refractivity contribution >= 4 is 22.7 Å². The smallest absolute Gasteiger partial charge is 0.323 e. The van der Waals surface area contributed by atoms with Crippen LogP contribution in [0.2, 0.25) is 0 Å². The fourth-order valence-electron chi connectivity index (χ4n) is 2.57. The first-order valence-corrected chi connectivity index (χ1v) is 7.83. The van der Waals surface area contributed by atoms with E-state index in [1.165, 1.54) is 0 Å². The van der Waals surface area contributed by atoms with Crippen LogP contribution in [0.25, 0.3) is 10.8 Å². The normalized spacial score (nSPS) is 11.3. The van der Waals surface area contributed by atoms with Gasteiger partial charge in [0.25, 0.3) is 0 Å². The van der Waals surface area contributed by atoms with E-state index in [2.05, 4.69) is 0 Å². The van der Waals surface area contributed by atoms with Crippen molar-refractivity contribution in [2.45, 2.75) is 27.2 Å². The van der Waals surface area contributed by atoms with Gasteiger partial charge in [-0.25, -0.2) is 0 Å². The first-order chi connectivity index (χ1) is 11.0. The lowest BCUT2D eigenvalue weighted by atomic mass is 9.83. The third kappa shape index (κ3) is 3.70. The lowest BCUT2D eigenvalue weighted by Crippen LogP contribution is -2.41. The Hall–Kier alpha value is -2.36. The van der Waals surface area contributed by atoms with Crippen LogP contribution in [0.4, 0.5) is 0 Å². The van der Waals surface area contributed by atoms with E-state index in [-0.39, 0.29) is 19.6 Å². The number of hydrogen-bond acceptors (Lipinski definition) is 4. The van der Waals surface area contributed by atoms with Gasteiger partial charge in [-0.1, -0.05) is 42.5 Å². The molecule has 0 radical (unpaired) electrons. The van der Waals surface area contributed by atoms with Crippen LogP contribution in [-0.4, -0.2) is 25.2 Å². The minimum Gasteiger partial charge on any atom is -0.465 e. The summed E-state index contributed by atoms with van der Waals surface area (Å²) in [6.45, 7) is 5.48. The van der Waals surface area contributed by atoms with E-state index in [1.807, 2.05) is 42.5 Å². The number of rotatable bonds is 6. The Labute approximate surface area is 136 Å². The number of esters is 2. The van der Waals surface area contributed by atoms with Gasteiger partial charge in [-0.3, -0.25) is 9.59 Å². The second-order valence-electron chi connectivity index (χ2n) is 5.63. The predicted molar refractivity (Wildman–Crippen MR) is 89.0 cm³/mol. The van der Waals surface area contributed by atoms with Crippen molar-refractivity contribution in [3.05, 3.63) is 48.0 Å². The van der Waals surface area contributed by atoms with Gasteiger partial charge in [-0.05, 0) is 43.5 Å². The van der Waals surface area contributed by atoms with Crippen LogP contribution in [-0.2, 0) is 25.5 Å². The van der Waals surface area contributed by atoms with Crippen LogP contribution in [0.3, 0.4) is 0 Å². The largest absolute Gasteiger partial charge is 0.465 e. The van der Waals surface area contributed by atoms with Crippen LogP contribution in [0.15, 0.2) is 42.5 Å². The van der Waals surface area contributed by atoms with Crippen molar-refractivity contribution in [1.29, 1.82) is 0 Å². The zero-order chi connectivity index (χ0) is 16.9. The van der Waals surface area contributed by atoms with E-state index in [0.29, 0.717) is 0 Å². The molecule has 0 N–H and O–H groups in total. The summed E-state index contributed by atoms with van der Waals surface area (Å²) >= 11 is 0. The van der Waals surface area contributed by atoms with Crippen molar-refractivity contribution in [1.82, 2.24) is 0 Å². The molecule has 0 saturated heterocycles. The summed E-state index contributed by atoms with van der Waals surface area (Å²) < 4.78 is 10.2. The standard InChI is InChI=1S/C19H22O4/c1-4-22-17(20)19(3,18(21)23-5-2)13-14-10-11-15-8-6-7-9-16(15)12-14/h6-12H,4-5,13H2,1-3H3. The quantitative estimate of drug-likeness (QED) is 0.605. The molecule has 122 valence electrons. The van der Waals surface area contributed by atoms with Crippen molar-refractivity contribution in [3.8, 4) is 0 Å².